The van der Waals surface area contributed by atoms with Crippen molar-refractivity contribution in [2.45, 2.75) is 45.7 Å². The second-order valence-corrected chi connectivity index (χ2v) is 8.21. The van der Waals surface area contributed by atoms with Gasteiger partial charge >= 0.3 is 17.8 Å². The van der Waals surface area contributed by atoms with Crippen LogP contribution in [0.15, 0.2) is 24.3 Å². The van der Waals surface area contributed by atoms with Gasteiger partial charge in [0.15, 0.2) is 0 Å². The Labute approximate surface area is 184 Å². The fraction of sp³-hybridized carbons (Fsp3) is 0.609. The summed E-state index contributed by atoms with van der Waals surface area (Å²) < 4.78 is 5.27. The molecule has 2 saturated heterocycles. The molecule has 170 valence electrons. The molecular formula is C23H34N4O4. The highest BCUT2D eigenvalue weighted by molar-refractivity contribution is 6.35. The van der Waals surface area contributed by atoms with E-state index in [2.05, 4.69) is 5.32 Å². The van der Waals surface area contributed by atoms with Crippen LogP contribution in [-0.2, 0) is 20.9 Å². The Morgan fingerprint density at radius 3 is 2.45 bits per heavy atom. The summed E-state index contributed by atoms with van der Waals surface area (Å²) in [5.74, 6) is -0.849. The van der Waals surface area contributed by atoms with Crippen molar-refractivity contribution in [3.05, 3.63) is 35.4 Å². The van der Waals surface area contributed by atoms with Crippen LogP contribution in [0, 0.1) is 6.92 Å². The first kappa shape index (κ1) is 23.1. The summed E-state index contributed by atoms with van der Waals surface area (Å²) in [6.45, 7) is 8.62. The maximum Gasteiger partial charge on any atom is 0.317 e. The first-order valence-electron chi connectivity index (χ1n) is 11.3. The number of urea groups is 1. The molecule has 4 amide bonds. The lowest BCUT2D eigenvalue weighted by Crippen LogP contribution is -2.59. The Morgan fingerprint density at radius 1 is 1.06 bits per heavy atom. The van der Waals surface area contributed by atoms with Crippen molar-refractivity contribution in [3.63, 3.8) is 0 Å². The molecule has 2 aliphatic rings. The van der Waals surface area contributed by atoms with Gasteiger partial charge in [0.05, 0.1) is 0 Å². The highest BCUT2D eigenvalue weighted by Crippen LogP contribution is 2.20. The molecule has 31 heavy (non-hydrogen) atoms. The molecule has 1 N–H and O–H groups in total. The highest BCUT2D eigenvalue weighted by Gasteiger charge is 2.37. The summed E-state index contributed by atoms with van der Waals surface area (Å²) in [6.07, 6.45) is 2.19. The molecule has 1 aromatic carbocycles. The number of hydrogen-bond donors (Lipinski definition) is 1. The molecule has 8 heteroatoms. The zero-order chi connectivity index (χ0) is 22.2. The van der Waals surface area contributed by atoms with Gasteiger partial charge in [-0.25, -0.2) is 4.79 Å². The van der Waals surface area contributed by atoms with Gasteiger partial charge in [-0.3, -0.25) is 9.59 Å². The predicted octanol–water partition coefficient (Wildman–Crippen LogP) is 1.77. The molecule has 0 aromatic heterocycles. The van der Waals surface area contributed by atoms with E-state index in [-0.39, 0.29) is 12.1 Å². The SMILES string of the molecule is CCOCCCNC(=O)N1CCC(N2CCN(Cc3ccc(C)cc3)C(=O)C2=O)CC1. The minimum atomic E-state index is -0.429. The molecule has 1 aromatic rings. The van der Waals surface area contributed by atoms with Gasteiger partial charge in [0.2, 0.25) is 0 Å². The highest BCUT2D eigenvalue weighted by atomic mass is 16.5. The minimum Gasteiger partial charge on any atom is -0.382 e. The second kappa shape index (κ2) is 11.1. The summed E-state index contributed by atoms with van der Waals surface area (Å²) in [5, 5.41) is 2.92. The zero-order valence-electron chi connectivity index (χ0n) is 18.6. The molecule has 0 spiro atoms. The Balaban J connectivity index is 1.44. The van der Waals surface area contributed by atoms with E-state index in [0.29, 0.717) is 65.3 Å². The van der Waals surface area contributed by atoms with Crippen LogP contribution in [0.5, 0.6) is 0 Å². The van der Waals surface area contributed by atoms with Crippen molar-refractivity contribution in [1.29, 1.82) is 0 Å². The van der Waals surface area contributed by atoms with Gasteiger partial charge in [0.25, 0.3) is 0 Å². The van der Waals surface area contributed by atoms with Crippen molar-refractivity contribution < 1.29 is 19.1 Å². The Morgan fingerprint density at radius 2 is 1.77 bits per heavy atom. The number of amides is 4. The van der Waals surface area contributed by atoms with Crippen molar-refractivity contribution >= 4 is 17.8 Å². The van der Waals surface area contributed by atoms with E-state index < -0.39 is 11.8 Å². The molecule has 8 nitrogen and oxygen atoms in total. The molecule has 3 rings (SSSR count). The van der Waals surface area contributed by atoms with Crippen LogP contribution in [0.3, 0.4) is 0 Å². The first-order chi connectivity index (χ1) is 15.0. The maximum absolute atomic E-state index is 12.8. The van der Waals surface area contributed by atoms with Crippen LogP contribution in [0.4, 0.5) is 4.79 Å². The number of benzene rings is 1. The molecule has 0 aliphatic carbocycles. The molecule has 0 bridgehead atoms. The standard InChI is InChI=1S/C23H34N4O4/c1-3-31-16-4-11-24-23(30)25-12-9-20(10-13-25)27-15-14-26(21(28)22(27)29)17-19-7-5-18(2)6-8-19/h5-8,20H,3-4,9-17H2,1-2H3,(H,24,30). The summed E-state index contributed by atoms with van der Waals surface area (Å²) in [6, 6.07) is 7.97. The molecule has 2 aliphatic heterocycles. The van der Waals surface area contributed by atoms with Gasteiger partial charge in [-0.05, 0) is 38.7 Å². The number of piperazine rings is 1. The summed E-state index contributed by atoms with van der Waals surface area (Å²) in [4.78, 5) is 42.9. The van der Waals surface area contributed by atoms with E-state index in [1.54, 1.807) is 14.7 Å². The second-order valence-electron chi connectivity index (χ2n) is 8.21. The number of piperidine rings is 1. The van der Waals surface area contributed by atoms with E-state index in [1.165, 1.54) is 5.56 Å². The topological polar surface area (TPSA) is 82.2 Å². The van der Waals surface area contributed by atoms with Crippen molar-refractivity contribution in [2.75, 3.05) is 45.9 Å². The van der Waals surface area contributed by atoms with E-state index in [9.17, 15) is 14.4 Å². The molecule has 0 atom stereocenters. The number of nitrogens with one attached hydrogen (secondary N) is 1. The minimum absolute atomic E-state index is 0.0139. The fourth-order valence-electron chi connectivity index (χ4n) is 4.11. The largest absolute Gasteiger partial charge is 0.382 e. The smallest absolute Gasteiger partial charge is 0.317 e. The van der Waals surface area contributed by atoms with Gasteiger partial charge in [-0.1, -0.05) is 29.8 Å². The third kappa shape index (κ3) is 6.19. The van der Waals surface area contributed by atoms with E-state index in [0.717, 1.165) is 12.0 Å². The van der Waals surface area contributed by atoms with Crippen LogP contribution in [0.2, 0.25) is 0 Å². The summed E-state index contributed by atoms with van der Waals surface area (Å²) in [7, 11) is 0. The summed E-state index contributed by atoms with van der Waals surface area (Å²) in [5.41, 5.74) is 2.20. The van der Waals surface area contributed by atoms with Gasteiger partial charge in [-0.2, -0.15) is 0 Å². The summed E-state index contributed by atoms with van der Waals surface area (Å²) >= 11 is 0. The molecular weight excluding hydrogens is 396 g/mol. The average molecular weight is 431 g/mol. The quantitative estimate of drug-likeness (QED) is 0.503. The number of hydrogen-bond acceptors (Lipinski definition) is 4. The van der Waals surface area contributed by atoms with Gasteiger partial charge in [-0.15, -0.1) is 0 Å². The number of rotatable bonds is 8. The van der Waals surface area contributed by atoms with Crippen molar-refractivity contribution in [1.82, 2.24) is 20.0 Å². The van der Waals surface area contributed by atoms with Crippen molar-refractivity contribution in [3.8, 4) is 0 Å². The molecule has 2 heterocycles. The Kier molecular flexibility index (Phi) is 8.28. The van der Waals surface area contributed by atoms with E-state index in [4.69, 9.17) is 4.74 Å². The molecule has 0 unspecified atom stereocenters. The Hall–Kier alpha value is -2.61. The zero-order valence-corrected chi connectivity index (χ0v) is 18.6. The van der Waals surface area contributed by atoms with Crippen LogP contribution >= 0.6 is 0 Å². The van der Waals surface area contributed by atoms with Gasteiger partial charge < -0.3 is 24.8 Å². The maximum atomic E-state index is 12.8. The number of carbonyl (C=O) groups excluding carboxylic acids is 3. The predicted molar refractivity (Wildman–Crippen MR) is 117 cm³/mol. The average Bonchev–Trinajstić information content (AvgIpc) is 2.78. The molecule has 0 saturated carbocycles. The van der Waals surface area contributed by atoms with Crippen LogP contribution in [0.25, 0.3) is 0 Å². The van der Waals surface area contributed by atoms with E-state index in [1.807, 2.05) is 38.1 Å². The number of aryl methyl sites for hydroxylation is 1. The number of nitrogens with zero attached hydrogens (tertiary/aromatic N) is 3. The van der Waals surface area contributed by atoms with Crippen LogP contribution in [0.1, 0.15) is 37.3 Å². The van der Waals surface area contributed by atoms with E-state index >= 15 is 0 Å². The first-order valence-corrected chi connectivity index (χ1v) is 11.3. The fourth-order valence-corrected chi connectivity index (χ4v) is 4.11. The molecule has 0 radical (unpaired) electrons. The van der Waals surface area contributed by atoms with Crippen LogP contribution < -0.4 is 5.32 Å². The third-order valence-corrected chi connectivity index (χ3v) is 5.97. The normalized spacial score (nSPS) is 17.9. The third-order valence-electron chi connectivity index (χ3n) is 5.97. The van der Waals surface area contributed by atoms with Crippen molar-refractivity contribution in [2.24, 2.45) is 0 Å². The lowest BCUT2D eigenvalue weighted by atomic mass is 10.0. The lowest BCUT2D eigenvalue weighted by Gasteiger charge is -2.42. The van der Waals surface area contributed by atoms with Crippen LogP contribution in [-0.4, -0.2) is 84.5 Å². The molecule has 2 fully saturated rings. The number of carbonyl (C=O) groups is 3. The van der Waals surface area contributed by atoms with Gasteiger partial charge in [0.1, 0.15) is 0 Å². The van der Waals surface area contributed by atoms with Gasteiger partial charge in [0, 0.05) is 58.5 Å². The Bertz CT molecular complexity index is 759. The number of ether oxygens (including phenoxy) is 1. The number of likely N-dealkylation sites (tertiary alicyclic amines) is 1. The lowest BCUT2D eigenvalue weighted by molar-refractivity contribution is -0.158. The monoisotopic (exact) mass is 430 g/mol.